The lowest BCUT2D eigenvalue weighted by molar-refractivity contribution is -0.116. The summed E-state index contributed by atoms with van der Waals surface area (Å²) in [7, 11) is 0. The molecule has 2 aromatic heterocycles. The average Bonchev–Trinajstić information content (AvgIpc) is 3.02. The van der Waals surface area contributed by atoms with Gasteiger partial charge in [0, 0.05) is 29.4 Å². The fourth-order valence-corrected chi connectivity index (χ4v) is 4.24. The van der Waals surface area contributed by atoms with Gasteiger partial charge in [-0.05, 0) is 36.8 Å². The van der Waals surface area contributed by atoms with Crippen LogP contribution < -0.4 is 10.9 Å². The normalized spacial score (nSPS) is 11.2. The number of hydrogen-bond donors (Lipinski definition) is 1. The Morgan fingerprint density at radius 2 is 2.04 bits per heavy atom. The second-order valence-electron chi connectivity index (χ2n) is 6.26. The highest BCUT2D eigenvalue weighted by atomic mass is 35.5. The molecule has 0 bridgehead atoms. The topological polar surface area (TPSA) is 64.0 Å². The molecular weight excluding hydrogens is 382 g/mol. The van der Waals surface area contributed by atoms with Crippen molar-refractivity contribution in [1.82, 2.24) is 9.55 Å². The minimum absolute atomic E-state index is 0.103. The van der Waals surface area contributed by atoms with Crippen LogP contribution in [0.15, 0.2) is 53.3 Å². The summed E-state index contributed by atoms with van der Waals surface area (Å²) in [5, 5.41) is 4.98. The van der Waals surface area contributed by atoms with Gasteiger partial charge in [-0.3, -0.25) is 9.59 Å². The number of nitrogens with zero attached hydrogens (tertiary/aromatic N) is 2. The number of nitrogens with one attached hydrogen (secondary N) is 1. The molecule has 4 aromatic rings. The molecule has 0 atom stereocenters. The number of aryl methyl sites for hydroxylation is 2. The molecule has 5 nitrogen and oxygen atoms in total. The highest BCUT2D eigenvalue weighted by Crippen LogP contribution is 2.28. The molecule has 2 aromatic carbocycles. The zero-order valence-electron chi connectivity index (χ0n) is 14.5. The molecule has 7 heteroatoms. The van der Waals surface area contributed by atoms with Crippen molar-refractivity contribution in [3.05, 3.63) is 69.5 Å². The number of rotatable bonds is 4. The molecule has 0 saturated carbocycles. The summed E-state index contributed by atoms with van der Waals surface area (Å²) in [6.45, 7) is 2.22. The zero-order valence-corrected chi connectivity index (χ0v) is 16.1. The average molecular weight is 398 g/mol. The number of thiazole rings is 1. The molecule has 0 saturated heterocycles. The van der Waals surface area contributed by atoms with E-state index in [0.29, 0.717) is 16.7 Å². The van der Waals surface area contributed by atoms with Crippen molar-refractivity contribution in [3.8, 4) is 0 Å². The Morgan fingerprint density at radius 1 is 1.22 bits per heavy atom. The number of halogens is 1. The second-order valence-corrected chi connectivity index (χ2v) is 7.73. The zero-order chi connectivity index (χ0) is 19.0. The highest BCUT2D eigenvalue weighted by molar-refractivity contribution is 7.22. The van der Waals surface area contributed by atoms with Crippen LogP contribution in [0.4, 0.5) is 5.13 Å². The van der Waals surface area contributed by atoms with Crippen LogP contribution in [0, 0.1) is 6.92 Å². The van der Waals surface area contributed by atoms with Crippen LogP contribution in [0.1, 0.15) is 12.0 Å². The number of fused-ring (bicyclic) bond motifs is 2. The van der Waals surface area contributed by atoms with Gasteiger partial charge in [0.2, 0.25) is 5.91 Å². The van der Waals surface area contributed by atoms with Crippen molar-refractivity contribution in [1.29, 1.82) is 0 Å². The summed E-state index contributed by atoms with van der Waals surface area (Å²) < 4.78 is 2.55. The Balaban J connectivity index is 1.52. The maximum atomic E-state index is 12.4. The van der Waals surface area contributed by atoms with Crippen molar-refractivity contribution in [3.63, 3.8) is 0 Å². The van der Waals surface area contributed by atoms with Gasteiger partial charge in [-0.25, -0.2) is 4.98 Å². The number of aromatic nitrogens is 2. The Morgan fingerprint density at radius 3 is 2.89 bits per heavy atom. The van der Waals surface area contributed by atoms with Gasteiger partial charge >= 0.3 is 0 Å². The largest absolute Gasteiger partial charge is 0.308 e. The number of pyridine rings is 1. The van der Waals surface area contributed by atoms with E-state index in [4.69, 9.17) is 11.6 Å². The lowest BCUT2D eigenvalue weighted by atomic mass is 10.1. The first-order chi connectivity index (χ1) is 13.0. The fourth-order valence-electron chi connectivity index (χ4n) is 3.08. The van der Waals surface area contributed by atoms with Gasteiger partial charge in [-0.15, -0.1) is 0 Å². The van der Waals surface area contributed by atoms with E-state index in [-0.39, 0.29) is 17.9 Å². The number of carbonyl (C=O) groups excluding carboxylic acids is 1. The van der Waals surface area contributed by atoms with Crippen LogP contribution in [0.25, 0.3) is 21.1 Å². The molecule has 0 aliphatic heterocycles. The first-order valence-corrected chi connectivity index (χ1v) is 9.66. The second kappa shape index (κ2) is 7.13. The van der Waals surface area contributed by atoms with Crippen molar-refractivity contribution in [2.45, 2.75) is 19.9 Å². The van der Waals surface area contributed by atoms with Gasteiger partial charge in [0.25, 0.3) is 5.56 Å². The lowest BCUT2D eigenvalue weighted by Crippen LogP contribution is -2.23. The highest BCUT2D eigenvalue weighted by Gasteiger charge is 2.11. The van der Waals surface area contributed by atoms with Gasteiger partial charge in [-0.2, -0.15) is 0 Å². The molecule has 27 heavy (non-hydrogen) atoms. The molecule has 2 heterocycles. The predicted octanol–water partition coefficient (Wildman–Crippen LogP) is 4.60. The van der Waals surface area contributed by atoms with E-state index in [0.717, 1.165) is 26.7 Å². The summed E-state index contributed by atoms with van der Waals surface area (Å²) in [6, 6.07) is 14.7. The van der Waals surface area contributed by atoms with Gasteiger partial charge in [0.1, 0.15) is 0 Å². The van der Waals surface area contributed by atoms with Crippen LogP contribution >= 0.6 is 22.9 Å². The number of anilines is 1. The van der Waals surface area contributed by atoms with E-state index >= 15 is 0 Å². The molecule has 1 amide bonds. The standard InChI is InChI=1S/C20H16ClN3O2S/c1-12-10-19(26)24(16-5-3-2-4-14(12)16)9-8-18(25)23-20-22-15-7-6-13(21)11-17(15)27-20/h2-7,10-11H,8-9H2,1H3,(H,22,23,25). The molecular formula is C20H16ClN3O2S. The number of carbonyl (C=O) groups is 1. The van der Waals surface area contributed by atoms with Gasteiger partial charge < -0.3 is 9.88 Å². The molecule has 0 unspecified atom stereocenters. The Bertz CT molecular complexity index is 1230. The van der Waals surface area contributed by atoms with Gasteiger partial charge in [0.15, 0.2) is 5.13 Å². The maximum Gasteiger partial charge on any atom is 0.251 e. The number of amides is 1. The van der Waals surface area contributed by atoms with Crippen LogP contribution in [-0.4, -0.2) is 15.5 Å². The summed E-state index contributed by atoms with van der Waals surface area (Å²) in [6.07, 6.45) is 0.184. The molecule has 0 aliphatic rings. The van der Waals surface area contributed by atoms with E-state index < -0.39 is 0 Å². The van der Waals surface area contributed by atoms with Crippen molar-refractivity contribution < 1.29 is 4.79 Å². The Kier molecular flexibility index (Phi) is 4.68. The molecule has 0 fully saturated rings. The van der Waals surface area contributed by atoms with Crippen LogP contribution in [0.2, 0.25) is 5.02 Å². The van der Waals surface area contributed by atoms with Crippen LogP contribution in [0.5, 0.6) is 0 Å². The number of benzene rings is 2. The van der Waals surface area contributed by atoms with E-state index in [1.54, 1.807) is 16.7 Å². The first kappa shape index (κ1) is 17.7. The Hall–Kier alpha value is -2.70. The Labute approximate surface area is 164 Å². The summed E-state index contributed by atoms with van der Waals surface area (Å²) in [5.74, 6) is -0.184. The third kappa shape index (κ3) is 3.59. The predicted molar refractivity (Wildman–Crippen MR) is 111 cm³/mol. The van der Waals surface area contributed by atoms with E-state index in [1.807, 2.05) is 43.3 Å². The summed E-state index contributed by atoms with van der Waals surface area (Å²) >= 11 is 7.36. The molecule has 0 radical (unpaired) electrons. The number of para-hydroxylation sites is 1. The van der Waals surface area contributed by atoms with E-state index in [9.17, 15) is 9.59 Å². The molecule has 0 aliphatic carbocycles. The van der Waals surface area contributed by atoms with Crippen molar-refractivity contribution in [2.75, 3.05) is 5.32 Å². The SMILES string of the molecule is Cc1cc(=O)n(CCC(=O)Nc2nc3ccc(Cl)cc3s2)c2ccccc12. The molecule has 1 N–H and O–H groups in total. The van der Waals surface area contributed by atoms with Crippen molar-refractivity contribution in [2.24, 2.45) is 0 Å². The monoisotopic (exact) mass is 397 g/mol. The smallest absolute Gasteiger partial charge is 0.251 e. The molecule has 136 valence electrons. The third-order valence-electron chi connectivity index (χ3n) is 4.39. The minimum atomic E-state index is -0.184. The summed E-state index contributed by atoms with van der Waals surface area (Å²) in [4.78, 5) is 29.1. The van der Waals surface area contributed by atoms with Gasteiger partial charge in [0.05, 0.1) is 15.7 Å². The molecule has 0 spiro atoms. The van der Waals surface area contributed by atoms with Crippen LogP contribution in [0.3, 0.4) is 0 Å². The lowest BCUT2D eigenvalue weighted by Gasteiger charge is -2.11. The number of hydrogen-bond acceptors (Lipinski definition) is 4. The third-order valence-corrected chi connectivity index (χ3v) is 5.55. The summed E-state index contributed by atoms with van der Waals surface area (Å²) in [5.41, 5.74) is 2.46. The quantitative estimate of drug-likeness (QED) is 0.547. The minimum Gasteiger partial charge on any atom is -0.308 e. The van der Waals surface area contributed by atoms with Crippen molar-refractivity contribution >= 4 is 55.1 Å². The van der Waals surface area contributed by atoms with E-state index in [2.05, 4.69) is 10.3 Å². The maximum absolute atomic E-state index is 12.4. The fraction of sp³-hybridized carbons (Fsp3) is 0.150. The first-order valence-electron chi connectivity index (χ1n) is 8.46. The van der Waals surface area contributed by atoms with Crippen LogP contribution in [-0.2, 0) is 11.3 Å². The molecule has 4 rings (SSSR count). The van der Waals surface area contributed by atoms with Gasteiger partial charge in [-0.1, -0.05) is 41.1 Å². The van der Waals surface area contributed by atoms with E-state index in [1.165, 1.54) is 11.3 Å².